The molecule has 0 radical (unpaired) electrons. The van der Waals surface area contributed by atoms with Crippen molar-refractivity contribution in [1.82, 2.24) is 4.90 Å². The molecule has 21 heavy (non-hydrogen) atoms. The topological polar surface area (TPSA) is 15.6 Å². The Morgan fingerprint density at radius 2 is 1.67 bits per heavy atom. The predicted octanol–water partition coefficient (Wildman–Crippen LogP) is 4.77. The third kappa shape index (κ3) is 4.41. The Bertz CT molecular complexity index is 429. The lowest BCUT2D eigenvalue weighted by molar-refractivity contribution is 0.219. The number of benzene rings is 1. The average molecular weight is 288 g/mol. The molecular formula is C19H32N2. The third-order valence-corrected chi connectivity index (χ3v) is 4.13. The monoisotopic (exact) mass is 288 g/mol. The summed E-state index contributed by atoms with van der Waals surface area (Å²) in [7, 11) is 0. The first-order valence-corrected chi connectivity index (χ1v) is 8.73. The summed E-state index contributed by atoms with van der Waals surface area (Å²) in [5.74, 6) is 0.696. The standard InChI is InChI=1S/C15H20N2.2C2H6/c1-2-17-9-7-12(8-10-17)15-14-6-4-3-5-13(14)11-16-15;2*1-2/h3-6,12H,2,7-11H2,1H3;2*1-2H3. The average Bonchev–Trinajstić information content (AvgIpc) is 3.03. The molecule has 1 fully saturated rings. The minimum atomic E-state index is 0.696. The summed E-state index contributed by atoms with van der Waals surface area (Å²) in [6.07, 6.45) is 2.56. The van der Waals surface area contributed by atoms with Gasteiger partial charge in [0.05, 0.1) is 6.54 Å². The lowest BCUT2D eigenvalue weighted by Crippen LogP contribution is -2.36. The molecule has 2 heterocycles. The fourth-order valence-corrected chi connectivity index (χ4v) is 3.04. The molecule has 1 saturated heterocycles. The number of rotatable bonds is 2. The Morgan fingerprint density at radius 3 is 2.29 bits per heavy atom. The van der Waals surface area contributed by atoms with E-state index in [1.165, 1.54) is 49.3 Å². The maximum atomic E-state index is 4.78. The van der Waals surface area contributed by atoms with E-state index in [9.17, 15) is 0 Å². The second-order valence-electron chi connectivity index (χ2n) is 5.07. The van der Waals surface area contributed by atoms with Crippen molar-refractivity contribution in [3.63, 3.8) is 0 Å². The second kappa shape index (κ2) is 9.73. The summed E-state index contributed by atoms with van der Waals surface area (Å²) in [4.78, 5) is 7.32. The Hall–Kier alpha value is -1.15. The molecule has 118 valence electrons. The number of piperidine rings is 1. The molecule has 2 nitrogen and oxygen atoms in total. The highest BCUT2D eigenvalue weighted by atomic mass is 15.1. The van der Waals surface area contributed by atoms with E-state index in [1.807, 2.05) is 27.7 Å². The van der Waals surface area contributed by atoms with Crippen molar-refractivity contribution >= 4 is 5.71 Å². The van der Waals surface area contributed by atoms with Gasteiger partial charge in [-0.05, 0) is 38.0 Å². The third-order valence-electron chi connectivity index (χ3n) is 4.13. The summed E-state index contributed by atoms with van der Waals surface area (Å²) in [6, 6.07) is 8.72. The van der Waals surface area contributed by atoms with Crippen LogP contribution in [0.2, 0.25) is 0 Å². The molecule has 0 bridgehead atoms. The van der Waals surface area contributed by atoms with Gasteiger partial charge in [-0.3, -0.25) is 4.99 Å². The Morgan fingerprint density at radius 1 is 1.05 bits per heavy atom. The second-order valence-corrected chi connectivity index (χ2v) is 5.07. The van der Waals surface area contributed by atoms with E-state index >= 15 is 0 Å². The van der Waals surface area contributed by atoms with Crippen LogP contribution in [-0.2, 0) is 6.54 Å². The van der Waals surface area contributed by atoms with Gasteiger partial charge in [0, 0.05) is 17.2 Å². The highest BCUT2D eigenvalue weighted by Crippen LogP contribution is 2.28. The van der Waals surface area contributed by atoms with Crippen LogP contribution in [0.15, 0.2) is 29.3 Å². The molecule has 0 unspecified atom stereocenters. The van der Waals surface area contributed by atoms with Gasteiger partial charge in [-0.1, -0.05) is 58.9 Å². The first-order chi connectivity index (χ1) is 10.4. The number of fused-ring (bicyclic) bond motifs is 1. The van der Waals surface area contributed by atoms with Gasteiger partial charge in [-0.2, -0.15) is 0 Å². The summed E-state index contributed by atoms with van der Waals surface area (Å²) < 4.78 is 0. The van der Waals surface area contributed by atoms with Gasteiger partial charge in [0.25, 0.3) is 0 Å². The van der Waals surface area contributed by atoms with Gasteiger partial charge >= 0.3 is 0 Å². The first kappa shape index (κ1) is 17.9. The maximum Gasteiger partial charge on any atom is 0.0649 e. The molecule has 2 aliphatic heterocycles. The Kier molecular flexibility index (Phi) is 8.29. The van der Waals surface area contributed by atoms with Crippen molar-refractivity contribution in [3.8, 4) is 0 Å². The molecule has 0 saturated carbocycles. The van der Waals surface area contributed by atoms with Crippen molar-refractivity contribution in [3.05, 3.63) is 35.4 Å². The van der Waals surface area contributed by atoms with E-state index in [0.717, 1.165) is 6.54 Å². The minimum Gasteiger partial charge on any atom is -0.304 e. The predicted molar refractivity (Wildman–Crippen MR) is 94.2 cm³/mol. The van der Waals surface area contributed by atoms with E-state index < -0.39 is 0 Å². The smallest absolute Gasteiger partial charge is 0.0649 e. The van der Waals surface area contributed by atoms with Crippen LogP contribution in [0.5, 0.6) is 0 Å². The molecule has 1 aromatic rings. The van der Waals surface area contributed by atoms with Crippen LogP contribution in [-0.4, -0.2) is 30.2 Å². The van der Waals surface area contributed by atoms with Crippen molar-refractivity contribution < 1.29 is 0 Å². The van der Waals surface area contributed by atoms with E-state index in [0.29, 0.717) is 5.92 Å². The zero-order chi connectivity index (χ0) is 15.7. The SMILES string of the molecule is CC.CC.CCN1CCC(C2=NCc3ccccc32)CC1. The lowest BCUT2D eigenvalue weighted by atomic mass is 9.88. The quantitative estimate of drug-likeness (QED) is 0.765. The number of hydrogen-bond acceptors (Lipinski definition) is 2. The summed E-state index contributed by atoms with van der Waals surface area (Å²) >= 11 is 0. The first-order valence-electron chi connectivity index (χ1n) is 8.73. The van der Waals surface area contributed by atoms with E-state index in [2.05, 4.69) is 36.1 Å². The zero-order valence-corrected chi connectivity index (χ0v) is 14.5. The highest BCUT2D eigenvalue weighted by Gasteiger charge is 2.26. The zero-order valence-electron chi connectivity index (χ0n) is 14.5. The molecule has 0 aliphatic carbocycles. The van der Waals surface area contributed by atoms with Crippen LogP contribution in [0, 0.1) is 5.92 Å². The van der Waals surface area contributed by atoms with Gasteiger partial charge in [0.15, 0.2) is 0 Å². The fourth-order valence-electron chi connectivity index (χ4n) is 3.04. The molecule has 0 amide bonds. The molecule has 0 atom stereocenters. The van der Waals surface area contributed by atoms with E-state index in [-0.39, 0.29) is 0 Å². The number of nitrogens with zero attached hydrogens (tertiary/aromatic N) is 2. The van der Waals surface area contributed by atoms with Crippen LogP contribution in [0.4, 0.5) is 0 Å². The molecule has 0 N–H and O–H groups in total. The normalized spacial score (nSPS) is 17.9. The molecule has 0 spiro atoms. The highest BCUT2D eigenvalue weighted by molar-refractivity contribution is 6.05. The van der Waals surface area contributed by atoms with Crippen LogP contribution in [0.25, 0.3) is 0 Å². The minimum absolute atomic E-state index is 0.696. The number of likely N-dealkylation sites (tertiary alicyclic amines) is 1. The van der Waals surface area contributed by atoms with Crippen molar-refractivity contribution in [2.75, 3.05) is 19.6 Å². The van der Waals surface area contributed by atoms with Gasteiger partial charge in [-0.15, -0.1) is 0 Å². The molecule has 0 aromatic heterocycles. The van der Waals surface area contributed by atoms with Crippen LogP contribution in [0.3, 0.4) is 0 Å². The van der Waals surface area contributed by atoms with Gasteiger partial charge in [0.1, 0.15) is 0 Å². The van der Waals surface area contributed by atoms with Gasteiger partial charge in [0.2, 0.25) is 0 Å². The Balaban J connectivity index is 0.000000510. The van der Waals surface area contributed by atoms with E-state index in [4.69, 9.17) is 4.99 Å². The van der Waals surface area contributed by atoms with Crippen LogP contribution in [0.1, 0.15) is 58.6 Å². The van der Waals surface area contributed by atoms with Crippen molar-refractivity contribution in [1.29, 1.82) is 0 Å². The van der Waals surface area contributed by atoms with Crippen molar-refractivity contribution in [2.24, 2.45) is 10.9 Å². The number of hydrogen-bond donors (Lipinski definition) is 0. The summed E-state index contributed by atoms with van der Waals surface area (Å²) in [5, 5.41) is 0. The molecule has 2 heteroatoms. The van der Waals surface area contributed by atoms with Crippen LogP contribution >= 0.6 is 0 Å². The molecule has 3 rings (SSSR count). The van der Waals surface area contributed by atoms with Gasteiger partial charge < -0.3 is 4.90 Å². The van der Waals surface area contributed by atoms with Gasteiger partial charge in [-0.25, -0.2) is 0 Å². The summed E-state index contributed by atoms with van der Waals surface area (Å²) in [6.45, 7) is 14.8. The fraction of sp³-hybridized carbons (Fsp3) is 0.632. The summed E-state index contributed by atoms with van der Waals surface area (Å²) in [5.41, 5.74) is 4.22. The number of aliphatic imine (C=N–C) groups is 1. The van der Waals surface area contributed by atoms with E-state index in [1.54, 1.807) is 0 Å². The maximum absolute atomic E-state index is 4.78. The molecule has 1 aromatic carbocycles. The Labute approximate surface area is 131 Å². The molecule has 2 aliphatic rings. The lowest BCUT2D eigenvalue weighted by Gasteiger charge is -2.31. The largest absolute Gasteiger partial charge is 0.304 e. The van der Waals surface area contributed by atoms with Crippen molar-refractivity contribution in [2.45, 2.75) is 54.0 Å². The molecular weight excluding hydrogens is 256 g/mol. The van der Waals surface area contributed by atoms with Crippen LogP contribution < -0.4 is 0 Å².